The highest BCUT2D eigenvalue weighted by molar-refractivity contribution is 7.92. The molecule has 196 valence electrons. The van der Waals surface area contributed by atoms with Crippen molar-refractivity contribution in [3.63, 3.8) is 0 Å². The molecule has 0 saturated heterocycles. The van der Waals surface area contributed by atoms with E-state index in [0.29, 0.717) is 11.6 Å². The number of amides is 2. The minimum absolute atomic E-state index is 0.0418. The third kappa shape index (κ3) is 7.57. The number of hydrogen-bond donors (Lipinski definition) is 1. The number of benzene rings is 3. The predicted octanol–water partition coefficient (Wildman–Crippen LogP) is 4.72. The van der Waals surface area contributed by atoms with Crippen LogP contribution in [0.25, 0.3) is 0 Å². The van der Waals surface area contributed by atoms with Gasteiger partial charge in [0, 0.05) is 18.1 Å². The van der Waals surface area contributed by atoms with Gasteiger partial charge in [0.1, 0.15) is 12.6 Å². The van der Waals surface area contributed by atoms with Crippen LogP contribution in [0, 0.1) is 5.92 Å². The predicted molar refractivity (Wildman–Crippen MR) is 147 cm³/mol. The van der Waals surface area contributed by atoms with E-state index >= 15 is 0 Å². The van der Waals surface area contributed by atoms with Gasteiger partial charge < -0.3 is 10.2 Å². The molecule has 0 spiro atoms. The largest absolute Gasteiger partial charge is 0.354 e. The van der Waals surface area contributed by atoms with E-state index in [2.05, 4.69) is 5.32 Å². The van der Waals surface area contributed by atoms with E-state index in [1.54, 1.807) is 43.3 Å². The summed E-state index contributed by atoms with van der Waals surface area (Å²) >= 11 is 6.17. The second-order valence-electron chi connectivity index (χ2n) is 9.13. The van der Waals surface area contributed by atoms with Crippen molar-refractivity contribution in [2.75, 3.05) is 17.4 Å². The molecule has 0 radical (unpaired) electrons. The lowest BCUT2D eigenvalue weighted by atomic mass is 10.1. The minimum Gasteiger partial charge on any atom is -0.354 e. The molecule has 1 N–H and O–H groups in total. The highest BCUT2D eigenvalue weighted by Crippen LogP contribution is 2.26. The van der Waals surface area contributed by atoms with Crippen molar-refractivity contribution in [2.45, 2.75) is 38.3 Å². The number of nitrogens with one attached hydrogen (secondary N) is 1. The van der Waals surface area contributed by atoms with E-state index in [9.17, 15) is 18.0 Å². The summed E-state index contributed by atoms with van der Waals surface area (Å²) in [6.07, 6.45) is 0. The number of rotatable bonds is 11. The summed E-state index contributed by atoms with van der Waals surface area (Å²) in [5.41, 5.74) is 1.07. The van der Waals surface area contributed by atoms with E-state index in [1.807, 2.05) is 44.2 Å². The number of sulfonamides is 1. The molecule has 0 fully saturated rings. The van der Waals surface area contributed by atoms with Gasteiger partial charge in [0.2, 0.25) is 11.8 Å². The van der Waals surface area contributed by atoms with Gasteiger partial charge in [-0.15, -0.1) is 0 Å². The van der Waals surface area contributed by atoms with Crippen LogP contribution in [0.4, 0.5) is 5.69 Å². The zero-order valence-corrected chi connectivity index (χ0v) is 22.7. The van der Waals surface area contributed by atoms with Crippen molar-refractivity contribution >= 4 is 39.1 Å². The zero-order valence-electron chi connectivity index (χ0n) is 21.2. The molecule has 7 nitrogen and oxygen atoms in total. The molecule has 9 heteroatoms. The van der Waals surface area contributed by atoms with E-state index < -0.39 is 28.5 Å². The van der Waals surface area contributed by atoms with Crippen molar-refractivity contribution in [2.24, 2.45) is 5.92 Å². The highest BCUT2D eigenvalue weighted by Gasteiger charge is 2.32. The van der Waals surface area contributed by atoms with Gasteiger partial charge in [-0.25, -0.2) is 8.42 Å². The van der Waals surface area contributed by atoms with Crippen molar-refractivity contribution in [1.29, 1.82) is 0 Å². The summed E-state index contributed by atoms with van der Waals surface area (Å²) in [6.45, 7) is 5.71. The Morgan fingerprint density at radius 2 is 1.51 bits per heavy atom. The number of carbonyl (C=O) groups is 2. The molecule has 0 heterocycles. The van der Waals surface area contributed by atoms with Crippen molar-refractivity contribution < 1.29 is 18.0 Å². The third-order valence-corrected chi connectivity index (χ3v) is 7.78. The smallest absolute Gasteiger partial charge is 0.264 e. The molecule has 0 aliphatic heterocycles. The molecular formula is C28H32ClN3O4S. The van der Waals surface area contributed by atoms with Crippen LogP contribution < -0.4 is 9.62 Å². The first-order valence-corrected chi connectivity index (χ1v) is 13.9. The number of carbonyl (C=O) groups excluding carboxylic acids is 2. The first-order chi connectivity index (χ1) is 17.6. The quantitative estimate of drug-likeness (QED) is 0.380. The topological polar surface area (TPSA) is 86.8 Å². The summed E-state index contributed by atoms with van der Waals surface area (Å²) in [6, 6.07) is 22.7. The van der Waals surface area contributed by atoms with Crippen LogP contribution >= 0.6 is 11.6 Å². The Hall–Kier alpha value is -3.36. The van der Waals surface area contributed by atoms with Crippen molar-refractivity contribution in [1.82, 2.24) is 10.2 Å². The summed E-state index contributed by atoms with van der Waals surface area (Å²) in [4.78, 5) is 28.2. The van der Waals surface area contributed by atoms with Crippen LogP contribution in [0.1, 0.15) is 26.3 Å². The van der Waals surface area contributed by atoms with E-state index in [0.717, 1.165) is 9.87 Å². The average molecular weight is 542 g/mol. The molecule has 1 atom stereocenters. The molecule has 0 unspecified atom stereocenters. The van der Waals surface area contributed by atoms with Gasteiger partial charge in [0.15, 0.2) is 0 Å². The molecular weight excluding hydrogens is 510 g/mol. The fourth-order valence-corrected chi connectivity index (χ4v) is 5.31. The van der Waals surface area contributed by atoms with Gasteiger partial charge in [-0.1, -0.05) is 80.0 Å². The van der Waals surface area contributed by atoms with Crippen LogP contribution in [0.5, 0.6) is 0 Å². The van der Waals surface area contributed by atoms with E-state index in [1.165, 1.54) is 23.1 Å². The van der Waals surface area contributed by atoms with Crippen LogP contribution in [0.2, 0.25) is 5.02 Å². The highest BCUT2D eigenvalue weighted by atomic mass is 35.5. The summed E-state index contributed by atoms with van der Waals surface area (Å²) in [5.74, 6) is -0.586. The van der Waals surface area contributed by atoms with Gasteiger partial charge in [-0.05, 0) is 48.7 Å². The fourth-order valence-electron chi connectivity index (χ4n) is 3.69. The maximum absolute atomic E-state index is 13.8. The second kappa shape index (κ2) is 12.7. The minimum atomic E-state index is -4.11. The Morgan fingerprint density at radius 1 is 0.892 bits per heavy atom. The lowest BCUT2D eigenvalue weighted by molar-refractivity contribution is -0.139. The number of hydrogen-bond acceptors (Lipinski definition) is 4. The van der Waals surface area contributed by atoms with Crippen LogP contribution in [-0.2, 0) is 26.2 Å². The van der Waals surface area contributed by atoms with Gasteiger partial charge >= 0.3 is 0 Å². The van der Waals surface area contributed by atoms with Crippen LogP contribution in [0.15, 0.2) is 89.8 Å². The standard InChI is InChI=1S/C28H32ClN3O4S/c1-21(2)18-30-28(34)22(3)31(19-23-11-6-4-7-12-23)27(33)20-32(25-14-10-13-24(29)17-25)37(35,36)26-15-8-5-9-16-26/h4-17,21-22H,18-20H2,1-3H3,(H,30,34)/t22-/m1/s1. The molecule has 37 heavy (non-hydrogen) atoms. The molecule has 0 aliphatic rings. The van der Waals surface area contributed by atoms with Gasteiger partial charge in [-0.3, -0.25) is 13.9 Å². The van der Waals surface area contributed by atoms with Crippen molar-refractivity contribution in [3.05, 3.63) is 95.5 Å². The zero-order chi connectivity index (χ0) is 27.0. The summed E-state index contributed by atoms with van der Waals surface area (Å²) < 4.78 is 28.4. The molecule has 3 rings (SSSR count). The monoisotopic (exact) mass is 541 g/mol. The Balaban J connectivity index is 1.98. The molecule has 0 aliphatic carbocycles. The Morgan fingerprint density at radius 3 is 2.11 bits per heavy atom. The maximum Gasteiger partial charge on any atom is 0.264 e. The Kier molecular flexibility index (Phi) is 9.72. The second-order valence-corrected chi connectivity index (χ2v) is 11.4. The van der Waals surface area contributed by atoms with Crippen molar-refractivity contribution in [3.8, 4) is 0 Å². The summed E-state index contributed by atoms with van der Waals surface area (Å²) in [5, 5.41) is 3.20. The molecule has 0 aromatic heterocycles. The molecule has 0 saturated carbocycles. The Bertz CT molecular complexity index is 1300. The van der Waals surface area contributed by atoms with Crippen LogP contribution in [-0.4, -0.2) is 44.3 Å². The average Bonchev–Trinajstić information content (AvgIpc) is 2.89. The third-order valence-electron chi connectivity index (χ3n) is 5.75. The molecule has 0 bridgehead atoms. The van der Waals surface area contributed by atoms with Gasteiger partial charge in [0.25, 0.3) is 10.0 Å². The molecule has 2 amide bonds. The molecule has 3 aromatic rings. The number of anilines is 1. The van der Waals surface area contributed by atoms with Gasteiger partial charge in [-0.2, -0.15) is 0 Å². The Labute approximate surface area is 224 Å². The molecule has 3 aromatic carbocycles. The normalized spacial score (nSPS) is 12.1. The van der Waals surface area contributed by atoms with Gasteiger partial charge in [0.05, 0.1) is 10.6 Å². The SMILES string of the molecule is CC(C)CNC(=O)[C@@H](C)N(Cc1ccccc1)C(=O)CN(c1cccc(Cl)c1)S(=O)(=O)c1ccccc1. The first kappa shape index (κ1) is 28.2. The number of halogens is 1. The number of nitrogens with zero attached hydrogens (tertiary/aromatic N) is 2. The van der Waals surface area contributed by atoms with E-state index in [-0.39, 0.29) is 29.0 Å². The van der Waals surface area contributed by atoms with E-state index in [4.69, 9.17) is 11.6 Å². The fraction of sp³-hybridized carbons (Fsp3) is 0.286. The summed E-state index contributed by atoms with van der Waals surface area (Å²) in [7, 11) is -4.11. The van der Waals surface area contributed by atoms with Crippen LogP contribution in [0.3, 0.4) is 0 Å². The lowest BCUT2D eigenvalue weighted by Gasteiger charge is -2.32. The lowest BCUT2D eigenvalue weighted by Crippen LogP contribution is -2.51. The maximum atomic E-state index is 13.8. The first-order valence-electron chi connectivity index (χ1n) is 12.0.